The van der Waals surface area contributed by atoms with Gasteiger partial charge in [-0.25, -0.2) is 4.79 Å². The van der Waals surface area contributed by atoms with Gasteiger partial charge < -0.3 is 9.84 Å². The van der Waals surface area contributed by atoms with E-state index < -0.39 is 12.1 Å². The minimum absolute atomic E-state index is 0.258. The summed E-state index contributed by atoms with van der Waals surface area (Å²) in [5.41, 5.74) is 1.68. The van der Waals surface area contributed by atoms with Crippen LogP contribution in [0.5, 0.6) is 5.75 Å². The van der Waals surface area contributed by atoms with Crippen molar-refractivity contribution in [3.8, 4) is 5.75 Å². The molecule has 2 aromatic rings. The topological polar surface area (TPSA) is 46.5 Å². The molecule has 0 aliphatic heterocycles. The minimum Gasteiger partial charge on any atom is -0.478 e. The Morgan fingerprint density at radius 2 is 1.86 bits per heavy atom. The molecular formula is C16H14Cl2O3. The maximum Gasteiger partial charge on any atom is 0.345 e. The molecule has 0 spiro atoms. The number of rotatable bonds is 5. The molecule has 0 aliphatic rings. The molecule has 0 saturated carbocycles. The van der Waals surface area contributed by atoms with E-state index in [1.54, 1.807) is 42.5 Å². The van der Waals surface area contributed by atoms with Crippen molar-refractivity contribution < 1.29 is 14.6 Å². The number of halogens is 2. The molecule has 0 radical (unpaired) electrons. The Labute approximate surface area is 133 Å². The number of aryl methyl sites for hydroxylation is 1. The summed E-state index contributed by atoms with van der Waals surface area (Å²) in [6.07, 6.45) is -0.708. The molecule has 0 aliphatic carbocycles. The number of benzene rings is 2. The van der Waals surface area contributed by atoms with Gasteiger partial charge in [0.2, 0.25) is 0 Å². The predicted octanol–water partition coefficient (Wildman–Crippen LogP) is 4.38. The number of ether oxygens (including phenoxy) is 1. The molecular weight excluding hydrogens is 311 g/mol. The van der Waals surface area contributed by atoms with E-state index in [0.717, 1.165) is 11.1 Å². The molecule has 0 saturated heterocycles. The van der Waals surface area contributed by atoms with Gasteiger partial charge in [0.25, 0.3) is 0 Å². The Bertz CT molecular complexity index is 638. The quantitative estimate of drug-likeness (QED) is 0.887. The fraction of sp³-hybridized carbons (Fsp3) is 0.188. The van der Waals surface area contributed by atoms with Gasteiger partial charge in [-0.05, 0) is 48.4 Å². The summed E-state index contributed by atoms with van der Waals surface area (Å²) < 4.78 is 5.55. The zero-order chi connectivity index (χ0) is 15.4. The van der Waals surface area contributed by atoms with E-state index in [1.807, 2.05) is 6.92 Å². The highest BCUT2D eigenvalue weighted by molar-refractivity contribution is 6.31. The van der Waals surface area contributed by atoms with E-state index in [1.165, 1.54) is 0 Å². The van der Waals surface area contributed by atoms with Gasteiger partial charge in [-0.3, -0.25) is 0 Å². The molecule has 2 aromatic carbocycles. The van der Waals surface area contributed by atoms with Gasteiger partial charge in [-0.1, -0.05) is 35.3 Å². The Morgan fingerprint density at radius 3 is 2.43 bits per heavy atom. The zero-order valence-corrected chi connectivity index (χ0v) is 12.9. The van der Waals surface area contributed by atoms with Crippen molar-refractivity contribution in [2.45, 2.75) is 19.4 Å². The van der Waals surface area contributed by atoms with Crippen LogP contribution in [-0.2, 0) is 11.2 Å². The highest BCUT2D eigenvalue weighted by atomic mass is 35.5. The van der Waals surface area contributed by atoms with Gasteiger partial charge >= 0.3 is 5.97 Å². The van der Waals surface area contributed by atoms with Crippen molar-refractivity contribution in [1.82, 2.24) is 0 Å². The van der Waals surface area contributed by atoms with Crippen LogP contribution in [0.25, 0.3) is 0 Å². The lowest BCUT2D eigenvalue weighted by molar-refractivity contribution is -0.145. The number of carbonyl (C=O) groups is 1. The second kappa shape index (κ2) is 6.83. The van der Waals surface area contributed by atoms with Crippen molar-refractivity contribution >= 4 is 29.2 Å². The third kappa shape index (κ3) is 4.38. The van der Waals surface area contributed by atoms with Gasteiger partial charge in [0.05, 0.1) is 0 Å². The average Bonchev–Trinajstić information content (AvgIpc) is 2.44. The first-order valence-electron chi connectivity index (χ1n) is 6.36. The van der Waals surface area contributed by atoms with Gasteiger partial charge in [0.1, 0.15) is 5.75 Å². The zero-order valence-electron chi connectivity index (χ0n) is 11.3. The summed E-state index contributed by atoms with van der Waals surface area (Å²) in [5.74, 6) is -0.532. The second-order valence-corrected chi connectivity index (χ2v) is 5.53. The largest absolute Gasteiger partial charge is 0.478 e. The first-order chi connectivity index (χ1) is 9.95. The van der Waals surface area contributed by atoms with Gasteiger partial charge in [0, 0.05) is 16.5 Å². The van der Waals surface area contributed by atoms with Crippen molar-refractivity contribution in [2.24, 2.45) is 0 Å². The van der Waals surface area contributed by atoms with Crippen LogP contribution < -0.4 is 4.74 Å². The van der Waals surface area contributed by atoms with Crippen LogP contribution in [0.1, 0.15) is 11.1 Å². The van der Waals surface area contributed by atoms with Crippen LogP contribution in [0.3, 0.4) is 0 Å². The Kier molecular flexibility index (Phi) is 5.10. The molecule has 1 atom stereocenters. The molecule has 1 N–H and O–H groups in total. The van der Waals surface area contributed by atoms with Crippen LogP contribution in [0.15, 0.2) is 42.5 Å². The lowest BCUT2D eigenvalue weighted by Gasteiger charge is -2.16. The van der Waals surface area contributed by atoms with Gasteiger partial charge in [0.15, 0.2) is 6.10 Å². The summed E-state index contributed by atoms with van der Waals surface area (Å²) in [5, 5.41) is 10.5. The number of carboxylic acid groups (broad SMARTS) is 1. The van der Waals surface area contributed by atoms with Crippen LogP contribution in [0.2, 0.25) is 10.0 Å². The van der Waals surface area contributed by atoms with E-state index >= 15 is 0 Å². The third-order valence-electron chi connectivity index (χ3n) is 3.02. The average molecular weight is 325 g/mol. The molecule has 110 valence electrons. The number of hydrogen-bond donors (Lipinski definition) is 1. The number of aliphatic carboxylic acids is 1. The number of carboxylic acids is 1. The van der Waals surface area contributed by atoms with Crippen molar-refractivity contribution in [3.05, 3.63) is 63.6 Å². The molecule has 1 unspecified atom stereocenters. The fourth-order valence-corrected chi connectivity index (χ4v) is 2.11. The molecule has 2 rings (SSSR count). The summed E-state index contributed by atoms with van der Waals surface area (Å²) in [4.78, 5) is 11.3. The van der Waals surface area contributed by atoms with Crippen molar-refractivity contribution in [3.63, 3.8) is 0 Å². The lowest BCUT2D eigenvalue weighted by atomic mass is 10.1. The molecule has 3 nitrogen and oxygen atoms in total. The number of hydrogen-bond acceptors (Lipinski definition) is 2. The minimum atomic E-state index is -1.02. The van der Waals surface area contributed by atoms with E-state index in [-0.39, 0.29) is 6.42 Å². The van der Waals surface area contributed by atoms with E-state index in [2.05, 4.69) is 0 Å². The van der Waals surface area contributed by atoms with Crippen LogP contribution >= 0.6 is 23.2 Å². The highest BCUT2D eigenvalue weighted by Crippen LogP contribution is 2.23. The standard InChI is InChI=1S/C16H14Cl2O3/c1-10-8-13(6-7-14(10)18)21-15(16(19)20)9-11-2-4-12(17)5-3-11/h2-8,15H,9H2,1H3,(H,19,20). The Balaban J connectivity index is 2.13. The summed E-state index contributed by atoms with van der Waals surface area (Å²) >= 11 is 11.8. The van der Waals surface area contributed by atoms with Gasteiger partial charge in [-0.2, -0.15) is 0 Å². The third-order valence-corrected chi connectivity index (χ3v) is 3.69. The fourth-order valence-electron chi connectivity index (χ4n) is 1.87. The smallest absolute Gasteiger partial charge is 0.345 e. The normalized spacial score (nSPS) is 12.0. The molecule has 5 heteroatoms. The maximum absolute atomic E-state index is 11.3. The highest BCUT2D eigenvalue weighted by Gasteiger charge is 2.20. The van der Waals surface area contributed by atoms with Crippen molar-refractivity contribution in [1.29, 1.82) is 0 Å². The monoisotopic (exact) mass is 324 g/mol. The van der Waals surface area contributed by atoms with Crippen LogP contribution in [0.4, 0.5) is 0 Å². The second-order valence-electron chi connectivity index (χ2n) is 4.69. The first-order valence-corrected chi connectivity index (χ1v) is 7.11. The SMILES string of the molecule is Cc1cc(OC(Cc2ccc(Cl)cc2)C(=O)O)ccc1Cl. The summed E-state index contributed by atoms with van der Waals surface area (Å²) in [7, 11) is 0. The summed E-state index contributed by atoms with van der Waals surface area (Å²) in [6.45, 7) is 1.84. The first kappa shape index (κ1) is 15.7. The molecule has 21 heavy (non-hydrogen) atoms. The Morgan fingerprint density at radius 1 is 1.19 bits per heavy atom. The molecule has 0 heterocycles. The van der Waals surface area contributed by atoms with Gasteiger partial charge in [-0.15, -0.1) is 0 Å². The molecule has 0 aromatic heterocycles. The van der Waals surface area contributed by atoms with E-state index in [4.69, 9.17) is 27.9 Å². The molecule has 0 bridgehead atoms. The van der Waals surface area contributed by atoms with Crippen LogP contribution in [0, 0.1) is 6.92 Å². The Hall–Kier alpha value is -1.71. The van der Waals surface area contributed by atoms with E-state index in [9.17, 15) is 9.90 Å². The molecule has 0 fully saturated rings. The lowest BCUT2D eigenvalue weighted by Crippen LogP contribution is -2.29. The predicted molar refractivity (Wildman–Crippen MR) is 83.4 cm³/mol. The maximum atomic E-state index is 11.3. The van der Waals surface area contributed by atoms with E-state index in [0.29, 0.717) is 15.8 Å². The molecule has 0 amide bonds. The van der Waals surface area contributed by atoms with Crippen LogP contribution in [-0.4, -0.2) is 17.2 Å². The summed E-state index contributed by atoms with van der Waals surface area (Å²) in [6, 6.07) is 12.1. The van der Waals surface area contributed by atoms with Crippen molar-refractivity contribution in [2.75, 3.05) is 0 Å².